The number of tetrazole rings is 1. The number of amides is 1. The van der Waals surface area contributed by atoms with Gasteiger partial charge in [0.15, 0.2) is 0 Å². The third kappa shape index (κ3) is 3.71. The summed E-state index contributed by atoms with van der Waals surface area (Å²) in [7, 11) is 0. The molecule has 2 aromatic rings. The van der Waals surface area contributed by atoms with Gasteiger partial charge in [0.05, 0.1) is 18.0 Å². The first-order chi connectivity index (χ1) is 11.1. The zero-order chi connectivity index (χ0) is 16.2. The molecule has 0 radical (unpaired) electrons. The maximum absolute atomic E-state index is 12.1. The summed E-state index contributed by atoms with van der Waals surface area (Å²) in [4.78, 5) is 23.0. The molecule has 3 rings (SSSR count). The second kappa shape index (κ2) is 6.55. The minimum atomic E-state index is -0.778. The van der Waals surface area contributed by atoms with E-state index in [1.54, 1.807) is 0 Å². The molecule has 0 saturated heterocycles. The Kier molecular flexibility index (Phi) is 4.31. The van der Waals surface area contributed by atoms with Gasteiger partial charge in [-0.3, -0.25) is 9.59 Å². The van der Waals surface area contributed by atoms with Crippen LogP contribution in [0, 0.1) is 5.92 Å². The lowest BCUT2D eigenvalue weighted by atomic mass is 10.1. The standard InChI is InChI=1S/C15H17N5O3/c21-14(17-12-4-3-11(8-12)15(22)23)7-10-1-5-13(6-2-10)20-9-16-18-19-20/h1-2,5-6,9,11-12H,3-4,7-8H2,(H,17,21)(H,22,23)/t11-,12+/m1/s1. The first kappa shape index (κ1) is 15.1. The van der Waals surface area contributed by atoms with Crippen molar-refractivity contribution in [1.82, 2.24) is 25.5 Å². The van der Waals surface area contributed by atoms with Crippen LogP contribution >= 0.6 is 0 Å². The Labute approximate surface area is 132 Å². The predicted octanol–water partition coefficient (Wildman–Crippen LogP) is 0.574. The molecule has 120 valence electrons. The normalized spacial score (nSPS) is 20.3. The number of rotatable bonds is 5. The van der Waals surface area contributed by atoms with E-state index in [0.717, 1.165) is 17.7 Å². The fourth-order valence-electron chi connectivity index (χ4n) is 2.85. The van der Waals surface area contributed by atoms with Crippen LogP contribution in [0.3, 0.4) is 0 Å². The summed E-state index contributed by atoms with van der Waals surface area (Å²) in [5, 5.41) is 22.8. The number of nitrogens with one attached hydrogen (secondary N) is 1. The summed E-state index contributed by atoms with van der Waals surface area (Å²) in [6.07, 6.45) is 3.63. The number of hydrogen-bond donors (Lipinski definition) is 2. The molecular weight excluding hydrogens is 298 g/mol. The van der Waals surface area contributed by atoms with E-state index < -0.39 is 5.97 Å². The lowest BCUT2D eigenvalue weighted by Crippen LogP contribution is -2.34. The van der Waals surface area contributed by atoms with Gasteiger partial charge in [-0.2, -0.15) is 0 Å². The molecule has 2 atom stereocenters. The van der Waals surface area contributed by atoms with Crippen molar-refractivity contribution in [3.05, 3.63) is 36.2 Å². The lowest BCUT2D eigenvalue weighted by molar-refractivity contribution is -0.141. The Morgan fingerprint density at radius 3 is 2.65 bits per heavy atom. The number of benzene rings is 1. The quantitative estimate of drug-likeness (QED) is 0.835. The molecule has 23 heavy (non-hydrogen) atoms. The average Bonchev–Trinajstić information content (AvgIpc) is 3.19. The van der Waals surface area contributed by atoms with Crippen molar-refractivity contribution in [3.63, 3.8) is 0 Å². The number of carbonyl (C=O) groups excluding carboxylic acids is 1. The van der Waals surface area contributed by atoms with E-state index in [1.807, 2.05) is 24.3 Å². The summed E-state index contributed by atoms with van der Waals surface area (Å²) in [6, 6.07) is 7.35. The topological polar surface area (TPSA) is 110 Å². The van der Waals surface area contributed by atoms with Gasteiger partial charge in [0.25, 0.3) is 0 Å². The van der Waals surface area contributed by atoms with Crippen molar-refractivity contribution in [2.45, 2.75) is 31.7 Å². The van der Waals surface area contributed by atoms with E-state index in [4.69, 9.17) is 5.11 Å². The van der Waals surface area contributed by atoms with E-state index in [1.165, 1.54) is 11.0 Å². The van der Waals surface area contributed by atoms with Crippen LogP contribution in [0.1, 0.15) is 24.8 Å². The van der Waals surface area contributed by atoms with Crippen LogP contribution in [0.15, 0.2) is 30.6 Å². The number of hydrogen-bond acceptors (Lipinski definition) is 5. The Bertz CT molecular complexity index is 684. The first-order valence-corrected chi connectivity index (χ1v) is 7.46. The zero-order valence-corrected chi connectivity index (χ0v) is 12.4. The molecule has 1 amide bonds. The molecule has 8 nitrogen and oxygen atoms in total. The van der Waals surface area contributed by atoms with E-state index in [2.05, 4.69) is 20.8 Å². The highest BCUT2D eigenvalue weighted by atomic mass is 16.4. The largest absolute Gasteiger partial charge is 0.481 e. The molecule has 1 aromatic carbocycles. The number of aromatic nitrogens is 4. The molecule has 1 fully saturated rings. The van der Waals surface area contributed by atoms with Gasteiger partial charge >= 0.3 is 5.97 Å². The second-order valence-corrected chi connectivity index (χ2v) is 5.71. The lowest BCUT2D eigenvalue weighted by Gasteiger charge is -2.12. The minimum absolute atomic E-state index is 0.0379. The maximum atomic E-state index is 12.1. The fourth-order valence-corrected chi connectivity index (χ4v) is 2.85. The van der Waals surface area contributed by atoms with Crippen LogP contribution in [0.5, 0.6) is 0 Å². The average molecular weight is 315 g/mol. The highest BCUT2D eigenvalue weighted by Crippen LogP contribution is 2.25. The van der Waals surface area contributed by atoms with Gasteiger partial charge < -0.3 is 10.4 Å². The highest BCUT2D eigenvalue weighted by molar-refractivity contribution is 5.79. The Balaban J connectivity index is 1.53. The Morgan fingerprint density at radius 1 is 1.26 bits per heavy atom. The summed E-state index contributed by atoms with van der Waals surface area (Å²) in [5.74, 6) is -1.20. The van der Waals surface area contributed by atoms with Crippen molar-refractivity contribution in [1.29, 1.82) is 0 Å². The number of carboxylic acids is 1. The van der Waals surface area contributed by atoms with Gasteiger partial charge in [-0.1, -0.05) is 12.1 Å². The van der Waals surface area contributed by atoms with Crippen molar-refractivity contribution in [3.8, 4) is 5.69 Å². The molecule has 0 unspecified atom stereocenters. The molecule has 1 aliphatic rings. The van der Waals surface area contributed by atoms with Crippen molar-refractivity contribution in [2.24, 2.45) is 5.92 Å². The van der Waals surface area contributed by atoms with Crippen molar-refractivity contribution in [2.75, 3.05) is 0 Å². The number of nitrogens with zero attached hydrogens (tertiary/aromatic N) is 4. The Hall–Kier alpha value is -2.77. The third-order valence-electron chi connectivity index (χ3n) is 4.06. The van der Waals surface area contributed by atoms with Crippen LogP contribution < -0.4 is 5.32 Å². The number of carbonyl (C=O) groups is 2. The zero-order valence-electron chi connectivity index (χ0n) is 12.4. The monoisotopic (exact) mass is 315 g/mol. The smallest absolute Gasteiger partial charge is 0.306 e. The fraction of sp³-hybridized carbons (Fsp3) is 0.400. The molecule has 2 N–H and O–H groups in total. The van der Waals surface area contributed by atoms with Gasteiger partial charge in [0.2, 0.25) is 5.91 Å². The number of aliphatic carboxylic acids is 1. The van der Waals surface area contributed by atoms with Crippen LogP contribution in [-0.2, 0) is 16.0 Å². The van der Waals surface area contributed by atoms with Gasteiger partial charge in [-0.15, -0.1) is 5.10 Å². The van der Waals surface area contributed by atoms with Crippen molar-refractivity contribution >= 4 is 11.9 Å². The summed E-state index contributed by atoms with van der Waals surface area (Å²) in [6.45, 7) is 0. The van der Waals surface area contributed by atoms with E-state index in [9.17, 15) is 9.59 Å². The molecule has 0 aliphatic heterocycles. The molecule has 1 heterocycles. The molecular formula is C15H17N5O3. The predicted molar refractivity (Wildman–Crippen MR) is 79.8 cm³/mol. The third-order valence-corrected chi connectivity index (χ3v) is 4.06. The summed E-state index contributed by atoms with van der Waals surface area (Å²) in [5.41, 5.74) is 1.70. The molecule has 1 saturated carbocycles. The first-order valence-electron chi connectivity index (χ1n) is 7.46. The highest BCUT2D eigenvalue weighted by Gasteiger charge is 2.30. The van der Waals surface area contributed by atoms with Crippen LogP contribution in [0.2, 0.25) is 0 Å². The van der Waals surface area contributed by atoms with Gasteiger partial charge in [-0.05, 0) is 47.4 Å². The molecule has 8 heteroatoms. The molecule has 1 aliphatic carbocycles. The SMILES string of the molecule is O=C(Cc1ccc(-n2cnnn2)cc1)N[C@H]1CC[C@@H](C(=O)O)C1. The van der Waals surface area contributed by atoms with Gasteiger partial charge in [0, 0.05) is 6.04 Å². The summed E-state index contributed by atoms with van der Waals surface area (Å²) >= 11 is 0. The van der Waals surface area contributed by atoms with Crippen LogP contribution in [0.4, 0.5) is 0 Å². The maximum Gasteiger partial charge on any atom is 0.306 e. The van der Waals surface area contributed by atoms with Crippen LogP contribution in [-0.4, -0.2) is 43.2 Å². The molecule has 1 aromatic heterocycles. The van der Waals surface area contributed by atoms with Crippen molar-refractivity contribution < 1.29 is 14.7 Å². The van der Waals surface area contributed by atoms with E-state index in [0.29, 0.717) is 12.8 Å². The summed E-state index contributed by atoms with van der Waals surface area (Å²) < 4.78 is 1.54. The number of carboxylic acid groups (broad SMARTS) is 1. The van der Waals surface area contributed by atoms with E-state index >= 15 is 0 Å². The second-order valence-electron chi connectivity index (χ2n) is 5.71. The van der Waals surface area contributed by atoms with E-state index in [-0.39, 0.29) is 24.3 Å². The molecule has 0 spiro atoms. The minimum Gasteiger partial charge on any atom is -0.481 e. The van der Waals surface area contributed by atoms with Gasteiger partial charge in [0.1, 0.15) is 6.33 Å². The van der Waals surface area contributed by atoms with Gasteiger partial charge in [-0.25, -0.2) is 4.68 Å². The van der Waals surface area contributed by atoms with Crippen LogP contribution in [0.25, 0.3) is 5.69 Å². The molecule has 0 bridgehead atoms. The Morgan fingerprint density at radius 2 is 2.04 bits per heavy atom.